The van der Waals surface area contributed by atoms with Gasteiger partial charge in [0, 0.05) is 41.5 Å². The SMILES string of the molecule is C1=CN(c2cccc(Oc3ccc4c5ccccc5n(-c5ccccn5)c4c3)c2)NN1c1ccccc1. The third kappa shape index (κ3) is 3.86. The highest BCUT2D eigenvalue weighted by atomic mass is 16.5. The molecule has 0 fully saturated rings. The first kappa shape index (κ1) is 21.2. The Morgan fingerprint density at radius 3 is 2.16 bits per heavy atom. The highest BCUT2D eigenvalue weighted by Gasteiger charge is 2.16. The third-order valence-electron chi connectivity index (χ3n) is 6.47. The fraction of sp³-hybridized carbons (Fsp3) is 0. The summed E-state index contributed by atoms with van der Waals surface area (Å²) >= 11 is 0. The fourth-order valence-corrected chi connectivity index (χ4v) is 4.77. The highest BCUT2D eigenvalue weighted by molar-refractivity contribution is 6.09. The lowest BCUT2D eigenvalue weighted by Crippen LogP contribution is -2.39. The number of benzene rings is 4. The number of para-hydroxylation sites is 2. The van der Waals surface area contributed by atoms with Crippen LogP contribution >= 0.6 is 0 Å². The van der Waals surface area contributed by atoms with Crippen LogP contribution in [-0.2, 0) is 0 Å². The van der Waals surface area contributed by atoms with Crippen molar-refractivity contribution in [1.82, 2.24) is 15.1 Å². The van der Waals surface area contributed by atoms with E-state index in [4.69, 9.17) is 4.74 Å². The van der Waals surface area contributed by atoms with Gasteiger partial charge < -0.3 is 4.74 Å². The number of hydrogen-bond acceptors (Lipinski definition) is 5. The number of pyridine rings is 1. The van der Waals surface area contributed by atoms with Gasteiger partial charge in [0.15, 0.2) is 0 Å². The minimum Gasteiger partial charge on any atom is -0.457 e. The van der Waals surface area contributed by atoms with Crippen LogP contribution in [0, 0.1) is 0 Å². The number of hydrazine groups is 2. The lowest BCUT2D eigenvalue weighted by atomic mass is 10.1. The van der Waals surface area contributed by atoms with Crippen molar-refractivity contribution in [2.75, 3.05) is 10.0 Å². The summed E-state index contributed by atoms with van der Waals surface area (Å²) in [6.07, 6.45) is 5.80. The van der Waals surface area contributed by atoms with Gasteiger partial charge in [0.25, 0.3) is 0 Å². The van der Waals surface area contributed by atoms with E-state index in [9.17, 15) is 0 Å². The Bertz CT molecular complexity index is 1740. The van der Waals surface area contributed by atoms with E-state index >= 15 is 0 Å². The zero-order valence-electron chi connectivity index (χ0n) is 19.9. The molecule has 178 valence electrons. The molecule has 0 saturated heterocycles. The molecule has 0 aliphatic carbocycles. The van der Waals surface area contributed by atoms with Gasteiger partial charge in [-0.05, 0) is 54.6 Å². The van der Waals surface area contributed by atoms with Crippen molar-refractivity contribution in [3.63, 3.8) is 0 Å². The van der Waals surface area contributed by atoms with Gasteiger partial charge in [-0.15, -0.1) is 5.53 Å². The zero-order valence-corrected chi connectivity index (χ0v) is 19.9. The maximum Gasteiger partial charge on any atom is 0.137 e. The van der Waals surface area contributed by atoms with Gasteiger partial charge in [-0.25, -0.2) is 4.98 Å². The summed E-state index contributed by atoms with van der Waals surface area (Å²) in [6, 6.07) is 38.8. The van der Waals surface area contributed by atoms with Crippen LogP contribution < -0.4 is 20.3 Å². The molecule has 4 aromatic carbocycles. The number of nitrogens with zero attached hydrogens (tertiary/aromatic N) is 4. The molecule has 3 heterocycles. The first-order valence-corrected chi connectivity index (χ1v) is 12.1. The summed E-state index contributed by atoms with van der Waals surface area (Å²) in [6.45, 7) is 0. The summed E-state index contributed by atoms with van der Waals surface area (Å²) in [4.78, 5) is 4.62. The number of fused-ring (bicyclic) bond motifs is 3. The summed E-state index contributed by atoms with van der Waals surface area (Å²) in [5.74, 6) is 2.40. The van der Waals surface area contributed by atoms with Crippen molar-refractivity contribution in [3.05, 3.63) is 134 Å². The Balaban J connectivity index is 1.21. The van der Waals surface area contributed by atoms with Crippen LogP contribution in [0.15, 0.2) is 134 Å². The largest absolute Gasteiger partial charge is 0.457 e. The van der Waals surface area contributed by atoms with Crippen molar-refractivity contribution >= 4 is 33.2 Å². The number of nitrogens with one attached hydrogen (secondary N) is 1. The number of aromatic nitrogens is 2. The molecule has 0 unspecified atom stereocenters. The van der Waals surface area contributed by atoms with Gasteiger partial charge in [0.05, 0.1) is 22.4 Å². The maximum atomic E-state index is 6.36. The van der Waals surface area contributed by atoms with Crippen LogP contribution in [0.1, 0.15) is 0 Å². The molecule has 6 nitrogen and oxygen atoms in total. The van der Waals surface area contributed by atoms with E-state index in [0.717, 1.165) is 45.1 Å². The minimum atomic E-state index is 0.755. The molecular formula is C31H23N5O. The van der Waals surface area contributed by atoms with E-state index in [1.54, 1.807) is 0 Å². The van der Waals surface area contributed by atoms with Crippen LogP contribution in [0.2, 0.25) is 0 Å². The zero-order chi connectivity index (χ0) is 24.6. The van der Waals surface area contributed by atoms with Gasteiger partial charge >= 0.3 is 0 Å². The number of anilines is 2. The van der Waals surface area contributed by atoms with Gasteiger partial charge in [0.1, 0.15) is 17.3 Å². The molecule has 2 aromatic heterocycles. The smallest absolute Gasteiger partial charge is 0.137 e. The predicted octanol–water partition coefficient (Wildman–Crippen LogP) is 7.19. The molecule has 0 bridgehead atoms. The van der Waals surface area contributed by atoms with E-state index in [0.29, 0.717) is 0 Å². The van der Waals surface area contributed by atoms with E-state index in [2.05, 4.69) is 63.6 Å². The molecule has 37 heavy (non-hydrogen) atoms. The molecule has 0 spiro atoms. The molecule has 1 N–H and O–H groups in total. The molecule has 6 aromatic rings. The van der Waals surface area contributed by atoms with Crippen LogP contribution in [-0.4, -0.2) is 9.55 Å². The topological polar surface area (TPSA) is 45.6 Å². The summed E-state index contributed by atoms with van der Waals surface area (Å²) in [7, 11) is 0. The van der Waals surface area contributed by atoms with Gasteiger partial charge in [-0.3, -0.25) is 14.6 Å². The standard InChI is InChI=1S/C31H23N5O/c1-2-9-23(10-3-1)34-19-20-35(33-34)24-11-8-12-25(21-24)37-26-16-17-28-27-13-4-5-14-29(27)36(30(28)22-26)31-15-6-7-18-32-31/h1-22,33H. The Labute approximate surface area is 214 Å². The number of hydrogen-bond donors (Lipinski definition) is 1. The van der Waals surface area contributed by atoms with E-state index in [1.807, 2.05) is 95.3 Å². The van der Waals surface area contributed by atoms with Crippen LogP contribution in [0.5, 0.6) is 11.5 Å². The van der Waals surface area contributed by atoms with Gasteiger partial charge in [-0.2, -0.15) is 0 Å². The number of ether oxygens (including phenoxy) is 1. The Kier molecular flexibility index (Phi) is 5.08. The second-order valence-electron chi connectivity index (χ2n) is 8.79. The van der Waals surface area contributed by atoms with Crippen LogP contribution in [0.4, 0.5) is 11.4 Å². The van der Waals surface area contributed by atoms with E-state index in [-0.39, 0.29) is 0 Å². The molecule has 0 amide bonds. The molecule has 1 aliphatic heterocycles. The minimum absolute atomic E-state index is 0.755. The maximum absolute atomic E-state index is 6.36. The second kappa shape index (κ2) is 8.86. The molecule has 6 heteroatoms. The summed E-state index contributed by atoms with van der Waals surface area (Å²) in [5.41, 5.74) is 7.57. The van der Waals surface area contributed by atoms with Gasteiger partial charge in [-0.1, -0.05) is 48.5 Å². The molecule has 0 atom stereocenters. The Hall–Kier alpha value is -5.07. The predicted molar refractivity (Wildman–Crippen MR) is 149 cm³/mol. The van der Waals surface area contributed by atoms with Crippen molar-refractivity contribution in [2.24, 2.45) is 0 Å². The van der Waals surface area contributed by atoms with E-state index < -0.39 is 0 Å². The molecular weight excluding hydrogens is 458 g/mol. The lowest BCUT2D eigenvalue weighted by molar-refractivity contribution is 0.483. The lowest BCUT2D eigenvalue weighted by Gasteiger charge is -2.22. The number of rotatable bonds is 5. The molecule has 1 aliphatic rings. The van der Waals surface area contributed by atoms with Crippen molar-refractivity contribution in [3.8, 4) is 17.3 Å². The molecule has 0 saturated carbocycles. The third-order valence-corrected chi connectivity index (χ3v) is 6.47. The molecule has 7 rings (SSSR count). The summed E-state index contributed by atoms with van der Waals surface area (Å²) < 4.78 is 8.54. The van der Waals surface area contributed by atoms with Crippen LogP contribution in [0.25, 0.3) is 27.6 Å². The second-order valence-corrected chi connectivity index (χ2v) is 8.79. The first-order valence-electron chi connectivity index (χ1n) is 12.1. The highest BCUT2D eigenvalue weighted by Crippen LogP contribution is 2.35. The average Bonchev–Trinajstić information content (AvgIpc) is 3.58. The van der Waals surface area contributed by atoms with Crippen molar-refractivity contribution < 1.29 is 4.74 Å². The van der Waals surface area contributed by atoms with Crippen LogP contribution in [0.3, 0.4) is 0 Å². The Morgan fingerprint density at radius 1 is 0.568 bits per heavy atom. The average molecular weight is 482 g/mol. The van der Waals surface area contributed by atoms with Crippen molar-refractivity contribution in [2.45, 2.75) is 0 Å². The fourth-order valence-electron chi connectivity index (χ4n) is 4.77. The first-order chi connectivity index (χ1) is 18.3. The van der Waals surface area contributed by atoms with Crippen molar-refractivity contribution in [1.29, 1.82) is 0 Å². The monoisotopic (exact) mass is 481 g/mol. The van der Waals surface area contributed by atoms with Gasteiger partial charge in [0.2, 0.25) is 0 Å². The normalized spacial score (nSPS) is 13.1. The van der Waals surface area contributed by atoms with E-state index in [1.165, 1.54) is 5.39 Å². The molecule has 0 radical (unpaired) electrons. The summed E-state index contributed by atoms with van der Waals surface area (Å²) in [5, 5.41) is 6.28. The Morgan fingerprint density at radius 2 is 1.30 bits per heavy atom. The quantitative estimate of drug-likeness (QED) is 0.282.